The van der Waals surface area contributed by atoms with Gasteiger partial charge >= 0.3 is 5.97 Å². The van der Waals surface area contributed by atoms with Crippen LogP contribution in [0.25, 0.3) is 0 Å². The summed E-state index contributed by atoms with van der Waals surface area (Å²) in [5, 5.41) is 8.90. The van der Waals surface area contributed by atoms with Crippen LogP contribution in [0.15, 0.2) is 0 Å². The maximum Gasteiger partial charge on any atom is 0.308 e. The van der Waals surface area contributed by atoms with E-state index in [9.17, 15) is 9.59 Å². The summed E-state index contributed by atoms with van der Waals surface area (Å²) in [7, 11) is 1.55. The van der Waals surface area contributed by atoms with E-state index in [1.54, 1.807) is 14.0 Å². The van der Waals surface area contributed by atoms with Crippen molar-refractivity contribution in [2.24, 2.45) is 5.92 Å². The van der Waals surface area contributed by atoms with Crippen molar-refractivity contribution in [3.63, 3.8) is 0 Å². The van der Waals surface area contributed by atoms with Crippen molar-refractivity contribution in [2.45, 2.75) is 25.9 Å². The van der Waals surface area contributed by atoms with E-state index in [2.05, 4.69) is 0 Å². The lowest BCUT2D eigenvalue weighted by Gasteiger charge is -2.26. The molecule has 6 nitrogen and oxygen atoms in total. The topological polar surface area (TPSA) is 76.1 Å². The molecule has 6 heteroatoms. The van der Waals surface area contributed by atoms with Crippen LogP contribution in [0.5, 0.6) is 0 Å². The lowest BCUT2D eigenvalue weighted by Crippen LogP contribution is -2.44. The van der Waals surface area contributed by atoms with Crippen LogP contribution in [0.3, 0.4) is 0 Å². The molecule has 1 aliphatic heterocycles. The number of ether oxygens (including phenoxy) is 2. The fourth-order valence-corrected chi connectivity index (χ4v) is 1.88. The fraction of sp³-hybridized carbons (Fsp3) is 0.833. The number of hydrogen-bond donors (Lipinski definition) is 1. The molecule has 0 aromatic carbocycles. The number of carbonyl (C=O) groups is 2. The van der Waals surface area contributed by atoms with Gasteiger partial charge in [0, 0.05) is 26.8 Å². The van der Waals surface area contributed by atoms with Gasteiger partial charge in [-0.3, -0.25) is 9.59 Å². The minimum absolute atomic E-state index is 0.127. The van der Waals surface area contributed by atoms with E-state index in [0.29, 0.717) is 26.2 Å². The number of aliphatic carboxylic acids is 1. The maximum absolute atomic E-state index is 12.2. The van der Waals surface area contributed by atoms with Gasteiger partial charge in [0.1, 0.15) is 6.10 Å². The molecule has 1 saturated heterocycles. The van der Waals surface area contributed by atoms with Crippen LogP contribution in [-0.2, 0) is 19.1 Å². The third-order valence-corrected chi connectivity index (χ3v) is 3.00. The monoisotopic (exact) mass is 259 g/mol. The Hall–Kier alpha value is -1.14. The average Bonchev–Trinajstić information content (AvgIpc) is 2.86. The van der Waals surface area contributed by atoms with E-state index in [4.69, 9.17) is 14.6 Å². The number of methoxy groups -OCH3 is 1. The zero-order chi connectivity index (χ0) is 13.5. The highest BCUT2D eigenvalue weighted by atomic mass is 16.5. The first kappa shape index (κ1) is 14.9. The van der Waals surface area contributed by atoms with Crippen molar-refractivity contribution in [1.82, 2.24) is 4.90 Å². The summed E-state index contributed by atoms with van der Waals surface area (Å²) in [5.41, 5.74) is 0. The van der Waals surface area contributed by atoms with Crippen LogP contribution in [0.4, 0.5) is 0 Å². The quantitative estimate of drug-likeness (QED) is 0.714. The molecule has 0 radical (unpaired) electrons. The van der Waals surface area contributed by atoms with Crippen LogP contribution >= 0.6 is 0 Å². The Kier molecular flexibility index (Phi) is 6.07. The Morgan fingerprint density at radius 3 is 2.78 bits per heavy atom. The number of hydrogen-bond acceptors (Lipinski definition) is 4. The summed E-state index contributed by atoms with van der Waals surface area (Å²) in [4.78, 5) is 24.5. The molecule has 104 valence electrons. The van der Waals surface area contributed by atoms with Crippen LogP contribution in [0.2, 0.25) is 0 Å². The second kappa shape index (κ2) is 7.33. The molecule has 1 N–H and O–H groups in total. The Morgan fingerprint density at radius 2 is 2.28 bits per heavy atom. The third-order valence-electron chi connectivity index (χ3n) is 3.00. The standard InChI is InChI=1S/C12H21NO5/c1-9(12(15)16)8-13(5-7-17-2)11(14)10-4-3-6-18-10/h9-10H,3-8H2,1-2H3,(H,15,16). The first-order valence-electron chi connectivity index (χ1n) is 6.18. The molecule has 1 rings (SSSR count). The zero-order valence-electron chi connectivity index (χ0n) is 10.9. The molecule has 18 heavy (non-hydrogen) atoms. The van der Waals surface area contributed by atoms with Crippen LogP contribution in [0, 0.1) is 5.92 Å². The first-order valence-corrected chi connectivity index (χ1v) is 6.18. The molecule has 1 heterocycles. The van der Waals surface area contributed by atoms with Crippen molar-refractivity contribution in [3.8, 4) is 0 Å². The number of carboxylic acid groups (broad SMARTS) is 1. The van der Waals surface area contributed by atoms with Gasteiger partial charge < -0.3 is 19.5 Å². The molecule has 0 aliphatic carbocycles. The zero-order valence-corrected chi connectivity index (χ0v) is 10.9. The maximum atomic E-state index is 12.2. The van der Waals surface area contributed by atoms with Gasteiger partial charge in [-0.15, -0.1) is 0 Å². The Labute approximate surface area is 107 Å². The summed E-state index contributed by atoms with van der Waals surface area (Å²) in [6.45, 7) is 3.17. The van der Waals surface area contributed by atoms with Crippen LogP contribution in [0.1, 0.15) is 19.8 Å². The lowest BCUT2D eigenvalue weighted by molar-refractivity contribution is -0.146. The summed E-state index contributed by atoms with van der Waals surface area (Å²) >= 11 is 0. The van der Waals surface area contributed by atoms with Crippen molar-refractivity contribution in [1.29, 1.82) is 0 Å². The minimum Gasteiger partial charge on any atom is -0.481 e. The van der Waals surface area contributed by atoms with Gasteiger partial charge in [0.05, 0.1) is 12.5 Å². The van der Waals surface area contributed by atoms with Gasteiger partial charge in [0.2, 0.25) is 0 Å². The largest absolute Gasteiger partial charge is 0.481 e. The fourth-order valence-electron chi connectivity index (χ4n) is 1.88. The van der Waals surface area contributed by atoms with Gasteiger partial charge in [0.15, 0.2) is 0 Å². The first-order chi connectivity index (χ1) is 8.56. The molecule has 2 unspecified atom stereocenters. The molecule has 0 bridgehead atoms. The molecular formula is C12H21NO5. The molecule has 2 atom stereocenters. The summed E-state index contributed by atoms with van der Waals surface area (Å²) < 4.78 is 10.3. The Morgan fingerprint density at radius 1 is 1.56 bits per heavy atom. The third kappa shape index (κ3) is 4.27. The number of rotatable bonds is 7. The molecular weight excluding hydrogens is 238 g/mol. The molecule has 0 spiro atoms. The smallest absolute Gasteiger partial charge is 0.308 e. The van der Waals surface area contributed by atoms with E-state index in [1.165, 1.54) is 4.90 Å². The predicted molar refractivity (Wildman–Crippen MR) is 64.2 cm³/mol. The molecule has 1 fully saturated rings. The predicted octanol–water partition coefficient (Wildman–Crippen LogP) is 0.361. The number of carbonyl (C=O) groups excluding carboxylic acids is 1. The molecule has 1 aliphatic rings. The summed E-state index contributed by atoms with van der Waals surface area (Å²) in [5.74, 6) is -1.62. The molecule has 0 aromatic heterocycles. The van der Waals surface area contributed by atoms with E-state index in [0.717, 1.165) is 6.42 Å². The lowest BCUT2D eigenvalue weighted by atomic mass is 10.1. The second-order valence-electron chi connectivity index (χ2n) is 4.52. The Bertz CT molecular complexity index is 288. The average molecular weight is 259 g/mol. The molecule has 0 aromatic rings. The van der Waals surface area contributed by atoms with Crippen molar-refractivity contribution >= 4 is 11.9 Å². The van der Waals surface area contributed by atoms with Gasteiger partial charge in [-0.25, -0.2) is 0 Å². The highest BCUT2D eigenvalue weighted by molar-refractivity contribution is 5.82. The van der Waals surface area contributed by atoms with Gasteiger partial charge in [0.25, 0.3) is 5.91 Å². The summed E-state index contributed by atoms with van der Waals surface area (Å²) in [6, 6.07) is 0. The van der Waals surface area contributed by atoms with Crippen LogP contribution < -0.4 is 0 Å². The van der Waals surface area contributed by atoms with E-state index in [-0.39, 0.29) is 12.5 Å². The van der Waals surface area contributed by atoms with Gasteiger partial charge in [-0.05, 0) is 12.8 Å². The summed E-state index contributed by atoms with van der Waals surface area (Å²) in [6.07, 6.45) is 1.18. The highest BCUT2D eigenvalue weighted by Crippen LogP contribution is 2.15. The van der Waals surface area contributed by atoms with E-state index < -0.39 is 18.0 Å². The number of nitrogens with zero attached hydrogens (tertiary/aromatic N) is 1. The van der Waals surface area contributed by atoms with Crippen LogP contribution in [-0.4, -0.2) is 61.4 Å². The van der Waals surface area contributed by atoms with Gasteiger partial charge in [-0.2, -0.15) is 0 Å². The van der Waals surface area contributed by atoms with Crippen molar-refractivity contribution < 1.29 is 24.2 Å². The number of amides is 1. The minimum atomic E-state index is -0.905. The van der Waals surface area contributed by atoms with Gasteiger partial charge in [-0.1, -0.05) is 6.92 Å². The van der Waals surface area contributed by atoms with E-state index in [1.807, 2.05) is 0 Å². The second-order valence-corrected chi connectivity index (χ2v) is 4.52. The van der Waals surface area contributed by atoms with Crippen molar-refractivity contribution in [2.75, 3.05) is 33.4 Å². The highest BCUT2D eigenvalue weighted by Gasteiger charge is 2.29. The Balaban J connectivity index is 2.58. The SMILES string of the molecule is COCCN(CC(C)C(=O)O)C(=O)C1CCCO1. The van der Waals surface area contributed by atoms with E-state index >= 15 is 0 Å². The normalized spacial score (nSPS) is 20.7. The molecule has 0 saturated carbocycles. The van der Waals surface area contributed by atoms with Crippen molar-refractivity contribution in [3.05, 3.63) is 0 Å². The number of carboxylic acids is 1. The molecule has 1 amide bonds.